The largest absolute Gasteiger partial charge is 0.489 e. The summed E-state index contributed by atoms with van der Waals surface area (Å²) in [5.74, 6) is 0.729. The molecule has 0 saturated heterocycles. The smallest absolute Gasteiger partial charge is 0.416 e. The van der Waals surface area contributed by atoms with Crippen molar-refractivity contribution in [3.8, 4) is 5.75 Å². The minimum Gasteiger partial charge on any atom is -0.489 e. The Balaban J connectivity index is 0.00000385. The van der Waals surface area contributed by atoms with Crippen molar-refractivity contribution in [2.24, 2.45) is 0 Å². The summed E-state index contributed by atoms with van der Waals surface area (Å²) in [6.45, 7) is 0.252. The number of alkyl halides is 3. The van der Waals surface area contributed by atoms with Crippen molar-refractivity contribution in [1.82, 2.24) is 0 Å². The van der Waals surface area contributed by atoms with Gasteiger partial charge in [-0.05, 0) is 66.6 Å². The van der Waals surface area contributed by atoms with Gasteiger partial charge in [0.1, 0.15) is 12.4 Å². The second-order valence-corrected chi connectivity index (χ2v) is 8.23. The molecule has 0 aliphatic rings. The normalized spacial score (nSPS) is 11.1. The van der Waals surface area contributed by atoms with E-state index in [2.05, 4.69) is 42.5 Å². The summed E-state index contributed by atoms with van der Waals surface area (Å²) in [4.78, 5) is 0. The van der Waals surface area contributed by atoms with Crippen LogP contribution in [0, 0.1) is 0 Å². The number of unbranched alkanes of at least 4 members (excludes halogenated alkanes) is 5. The molecule has 0 saturated carbocycles. The Morgan fingerprint density at radius 1 is 0.545 bits per heavy atom. The molecule has 0 unspecified atom stereocenters. The predicted molar refractivity (Wildman–Crippen MR) is 131 cm³/mol. The van der Waals surface area contributed by atoms with E-state index in [9.17, 15) is 13.2 Å². The van der Waals surface area contributed by atoms with Crippen molar-refractivity contribution >= 4 is 0 Å². The average Bonchev–Trinajstić information content (AvgIpc) is 2.80. The molecule has 0 aromatic heterocycles. The third kappa shape index (κ3) is 9.73. The van der Waals surface area contributed by atoms with Crippen LogP contribution in [0.4, 0.5) is 13.2 Å². The average molecular weight is 457 g/mol. The summed E-state index contributed by atoms with van der Waals surface area (Å²) >= 11 is 0. The van der Waals surface area contributed by atoms with Crippen LogP contribution in [0.25, 0.3) is 0 Å². The van der Waals surface area contributed by atoms with Crippen LogP contribution in [-0.2, 0) is 25.6 Å². The van der Waals surface area contributed by atoms with E-state index in [0.717, 1.165) is 24.3 Å². The predicted octanol–water partition coefficient (Wildman–Crippen LogP) is 9.05. The van der Waals surface area contributed by atoms with E-state index in [1.807, 2.05) is 12.1 Å². The maximum Gasteiger partial charge on any atom is 0.416 e. The van der Waals surface area contributed by atoms with Gasteiger partial charge in [0, 0.05) is 0 Å². The Morgan fingerprint density at radius 2 is 1.03 bits per heavy atom. The molecular weight excluding hydrogens is 421 g/mol. The quantitative estimate of drug-likeness (QED) is 0.247. The lowest BCUT2D eigenvalue weighted by molar-refractivity contribution is -0.137. The molecule has 178 valence electrons. The van der Waals surface area contributed by atoms with E-state index in [0.29, 0.717) is 5.56 Å². The van der Waals surface area contributed by atoms with Crippen LogP contribution in [0.1, 0.15) is 68.2 Å². The molecule has 3 aromatic carbocycles. The van der Waals surface area contributed by atoms with Crippen LogP contribution in [0.3, 0.4) is 0 Å². The molecule has 0 amide bonds. The van der Waals surface area contributed by atoms with Crippen LogP contribution in [0.15, 0.2) is 78.9 Å². The number of benzene rings is 3. The fraction of sp³-hybridized carbons (Fsp3) is 0.379. The Kier molecular flexibility index (Phi) is 11.0. The highest BCUT2D eigenvalue weighted by molar-refractivity contribution is 5.29. The molecule has 0 heterocycles. The molecule has 0 fully saturated rings. The molecule has 0 aliphatic heterocycles. The first-order valence-corrected chi connectivity index (χ1v) is 11.4. The van der Waals surface area contributed by atoms with Crippen LogP contribution < -0.4 is 4.74 Å². The summed E-state index contributed by atoms with van der Waals surface area (Å²) < 4.78 is 43.6. The van der Waals surface area contributed by atoms with Gasteiger partial charge in [-0.2, -0.15) is 13.2 Å². The molecule has 4 heteroatoms. The van der Waals surface area contributed by atoms with Gasteiger partial charge in [-0.25, -0.2) is 0 Å². The maximum absolute atomic E-state index is 12.6. The third-order valence-electron chi connectivity index (χ3n) is 5.63. The lowest BCUT2D eigenvalue weighted by atomic mass is 10.0. The fourth-order valence-corrected chi connectivity index (χ4v) is 3.72. The number of halogens is 3. The second-order valence-electron chi connectivity index (χ2n) is 8.23. The number of hydrogen-bond donors (Lipinski definition) is 0. The molecule has 3 rings (SSSR count). The van der Waals surface area contributed by atoms with Gasteiger partial charge in [-0.15, -0.1) is 0 Å². The summed E-state index contributed by atoms with van der Waals surface area (Å²) in [7, 11) is 0. The molecule has 0 aliphatic carbocycles. The van der Waals surface area contributed by atoms with Crippen molar-refractivity contribution in [2.45, 2.75) is 71.6 Å². The highest BCUT2D eigenvalue weighted by Gasteiger charge is 2.29. The van der Waals surface area contributed by atoms with Gasteiger partial charge in [-0.3, -0.25) is 0 Å². The summed E-state index contributed by atoms with van der Waals surface area (Å²) in [6.07, 6.45) is 5.49. The summed E-state index contributed by atoms with van der Waals surface area (Å²) in [5.41, 5.74) is 2.79. The van der Waals surface area contributed by atoms with E-state index in [-0.39, 0.29) is 14.0 Å². The minimum absolute atomic E-state index is 0. The van der Waals surface area contributed by atoms with Crippen molar-refractivity contribution in [2.75, 3.05) is 0 Å². The van der Waals surface area contributed by atoms with Crippen LogP contribution in [-0.4, -0.2) is 0 Å². The van der Waals surface area contributed by atoms with Crippen molar-refractivity contribution in [3.63, 3.8) is 0 Å². The van der Waals surface area contributed by atoms with Gasteiger partial charge in [0.15, 0.2) is 0 Å². The Hall–Kier alpha value is -2.75. The number of aryl methyl sites for hydroxylation is 2. The minimum atomic E-state index is -4.31. The number of hydrogen-bond acceptors (Lipinski definition) is 1. The molecule has 1 nitrogen and oxygen atoms in total. The zero-order chi connectivity index (χ0) is 22.7. The SMILES string of the molecule is C.FC(F)(F)c1ccc(COc2ccc(CCCCCCCCc3ccccc3)cc2)cc1. The zero-order valence-corrected chi connectivity index (χ0v) is 18.4. The van der Waals surface area contributed by atoms with Crippen molar-refractivity contribution < 1.29 is 17.9 Å². The fourth-order valence-electron chi connectivity index (χ4n) is 3.72. The van der Waals surface area contributed by atoms with Crippen molar-refractivity contribution in [1.29, 1.82) is 0 Å². The molecule has 0 N–H and O–H groups in total. The monoisotopic (exact) mass is 456 g/mol. The van der Waals surface area contributed by atoms with E-state index in [1.165, 1.54) is 68.2 Å². The van der Waals surface area contributed by atoms with Gasteiger partial charge in [0.2, 0.25) is 0 Å². The Morgan fingerprint density at radius 3 is 1.58 bits per heavy atom. The lowest BCUT2D eigenvalue weighted by Crippen LogP contribution is -2.05. The summed E-state index contributed by atoms with van der Waals surface area (Å²) in [5, 5.41) is 0. The van der Waals surface area contributed by atoms with Gasteiger partial charge in [-0.1, -0.05) is 87.7 Å². The first-order chi connectivity index (χ1) is 15.5. The van der Waals surface area contributed by atoms with Crippen molar-refractivity contribution in [3.05, 3.63) is 101 Å². The molecule has 0 spiro atoms. The van der Waals surface area contributed by atoms with Crippen LogP contribution >= 0.6 is 0 Å². The highest BCUT2D eigenvalue weighted by atomic mass is 19.4. The first-order valence-electron chi connectivity index (χ1n) is 11.4. The molecule has 0 bridgehead atoms. The molecular formula is C29H35F3O. The third-order valence-corrected chi connectivity index (χ3v) is 5.63. The van der Waals surface area contributed by atoms with Gasteiger partial charge in [0.25, 0.3) is 0 Å². The number of rotatable bonds is 12. The van der Waals surface area contributed by atoms with Crippen LogP contribution in [0.5, 0.6) is 5.75 Å². The van der Waals surface area contributed by atoms with Gasteiger partial charge < -0.3 is 4.74 Å². The number of ether oxygens (including phenoxy) is 1. The molecule has 33 heavy (non-hydrogen) atoms. The van der Waals surface area contributed by atoms with Gasteiger partial charge >= 0.3 is 6.18 Å². The Labute approximate surface area is 196 Å². The molecule has 0 radical (unpaired) electrons. The van der Waals surface area contributed by atoms with E-state index in [4.69, 9.17) is 4.74 Å². The van der Waals surface area contributed by atoms with Crippen LogP contribution in [0.2, 0.25) is 0 Å². The molecule has 0 atom stereocenters. The van der Waals surface area contributed by atoms with E-state index >= 15 is 0 Å². The summed E-state index contributed by atoms with van der Waals surface area (Å²) in [6, 6.07) is 23.8. The molecule has 3 aromatic rings. The lowest BCUT2D eigenvalue weighted by Gasteiger charge is -2.10. The first kappa shape index (κ1) is 26.5. The van der Waals surface area contributed by atoms with Gasteiger partial charge in [0.05, 0.1) is 5.56 Å². The van der Waals surface area contributed by atoms with E-state index in [1.54, 1.807) is 0 Å². The highest BCUT2D eigenvalue weighted by Crippen LogP contribution is 2.29. The second kappa shape index (κ2) is 13.7. The Bertz CT molecular complexity index is 900. The zero-order valence-electron chi connectivity index (χ0n) is 18.4. The maximum atomic E-state index is 12.6. The van der Waals surface area contributed by atoms with E-state index < -0.39 is 11.7 Å². The standard InChI is InChI=1S/C28H31F3O.CH4/c29-28(30,31)26-18-14-25(15-19-26)22-32-27-20-16-24(17-21-27)13-7-4-2-1-3-6-10-23-11-8-5-9-12-23;/h5,8-9,11-12,14-21H,1-4,6-7,10,13,22H2;1H4. The topological polar surface area (TPSA) is 9.23 Å².